The van der Waals surface area contributed by atoms with Gasteiger partial charge in [-0.25, -0.2) is 4.79 Å². The van der Waals surface area contributed by atoms with Crippen LogP contribution in [0.2, 0.25) is 0 Å². The average Bonchev–Trinajstić information content (AvgIpc) is 2.56. The topological polar surface area (TPSA) is 628 Å². The minimum atomic E-state index is -3.17. The lowest BCUT2D eigenvalue weighted by Gasteiger charge is -2.51. The Morgan fingerprint density at radius 1 is 0.488 bits per heavy atom. The molecular weight excluding hydrogens is 1160 g/mol. The Bertz CT molecular complexity index is 2040. The fourth-order valence-corrected chi connectivity index (χ4v) is 10.8. The van der Waals surface area contributed by atoms with Crippen molar-refractivity contribution in [3.8, 4) is 0 Å². The van der Waals surface area contributed by atoms with Crippen LogP contribution in [-0.2, 0) is 66.4 Å². The van der Waals surface area contributed by atoms with Gasteiger partial charge >= 0.3 is 5.97 Å². The lowest BCUT2D eigenvalue weighted by atomic mass is 9.88. The van der Waals surface area contributed by atoms with Crippen LogP contribution >= 0.6 is 0 Å². The first-order chi connectivity index (χ1) is 39.6. The van der Waals surface area contributed by atoms with E-state index in [0.717, 1.165) is 0 Å². The molecule has 0 aliphatic carbocycles. The van der Waals surface area contributed by atoms with E-state index in [4.69, 9.17) is 67.3 Å². The van der Waals surface area contributed by atoms with Crippen molar-refractivity contribution in [1.82, 2.24) is 0 Å². The second-order valence-electron chi connectivity index (χ2n) is 21.5. The Kier molecular flexibility index (Phi) is 24.3. The van der Waals surface area contributed by atoms with Gasteiger partial charge in [0.2, 0.25) is 0 Å². The molecule has 0 bridgehead atoms. The van der Waals surface area contributed by atoms with Crippen LogP contribution in [0.1, 0.15) is 13.3 Å². The predicted octanol–water partition coefficient (Wildman–Crippen LogP) is -15.8. The molecule has 0 aromatic rings. The quantitative estimate of drug-likeness (QED) is 0.0479. The van der Waals surface area contributed by atoms with Crippen molar-refractivity contribution in [2.45, 2.75) is 228 Å². The minimum Gasteiger partial charge on any atom is -0.477 e. The number of hydrogen-bond acceptors (Lipinski definition) is 37. The molecule has 15 unspecified atom stereocenters. The highest BCUT2D eigenvalue weighted by Gasteiger charge is 2.61. The number of aliphatic carboxylic acids is 1. The summed E-state index contributed by atoms with van der Waals surface area (Å²) in [5.41, 5.74) is 5.98. The molecule has 36 atom stereocenters. The maximum absolute atomic E-state index is 13.0. The third-order valence-electron chi connectivity index (χ3n) is 15.9. The molecule has 0 saturated carbocycles. The van der Waals surface area contributed by atoms with Crippen LogP contribution < -0.4 is 5.73 Å². The summed E-state index contributed by atoms with van der Waals surface area (Å²) in [6.45, 7) is -5.93. The molecule has 0 aromatic heterocycles. The number of carboxylic acid groups (broad SMARTS) is 1. The smallest absolute Gasteiger partial charge is 0.364 e. The number of carbonyl (C=O) groups is 1. The number of hydrogen-bond donors (Lipinski definition) is 24. The normalized spacial score (nSPS) is 51.3. The molecule has 7 aliphatic heterocycles. The van der Waals surface area contributed by atoms with Gasteiger partial charge in [0, 0.05) is 12.3 Å². The molecule has 490 valence electrons. The molecule has 38 nitrogen and oxygen atoms in total. The van der Waals surface area contributed by atoms with Gasteiger partial charge in [-0.3, -0.25) is 0 Å². The van der Waals surface area contributed by atoms with Crippen LogP contribution in [0.5, 0.6) is 0 Å². The molecule has 0 aromatic carbocycles. The third kappa shape index (κ3) is 14.1. The number of carboxylic acids is 1. The Morgan fingerprint density at radius 2 is 0.917 bits per heavy atom. The molecule has 7 fully saturated rings. The van der Waals surface area contributed by atoms with E-state index in [2.05, 4.69) is 0 Å². The molecule has 0 spiro atoms. The van der Waals surface area contributed by atoms with Gasteiger partial charge in [0.15, 0.2) is 37.7 Å². The van der Waals surface area contributed by atoms with Gasteiger partial charge in [0.05, 0.1) is 64.5 Å². The van der Waals surface area contributed by atoms with Gasteiger partial charge in [-0.15, -0.1) is 0 Å². The van der Waals surface area contributed by atoms with E-state index in [0.29, 0.717) is 0 Å². The summed E-state index contributed by atoms with van der Waals surface area (Å²) in [5, 5.41) is 246. The third-order valence-corrected chi connectivity index (χ3v) is 15.9. The Morgan fingerprint density at radius 3 is 1.44 bits per heavy atom. The van der Waals surface area contributed by atoms with Crippen LogP contribution in [-0.4, -0.2) is 384 Å². The molecule has 7 heterocycles. The lowest BCUT2D eigenvalue weighted by molar-refractivity contribution is -0.396. The maximum Gasteiger partial charge on any atom is 0.364 e. The first-order valence-electron chi connectivity index (χ1n) is 26.7. The first kappa shape index (κ1) is 69.5. The highest BCUT2D eigenvalue weighted by molar-refractivity contribution is 5.76. The predicted molar refractivity (Wildman–Crippen MR) is 254 cm³/mol. The van der Waals surface area contributed by atoms with Gasteiger partial charge < -0.3 is 185 Å². The molecule has 25 N–H and O–H groups in total. The summed E-state index contributed by atoms with van der Waals surface area (Å²) in [6, 6.07) is -1.64. The SMILES string of the molecule is C[C@H]1C(O)[C@H](O[C@@H]2O[C@@H](CO)[C@H](O)C(O[C@]3(C(=O)O)C[C@@H](O)[C@@H](N)C(C(O)C(O)CO)O3)C2O)C(CO[C@@H]2OC(CO)[C@@H](O[C@@H]3OC(CO)[C@H](O)C(O)[C@@H]3O)C(O)[C@@H]2O)O[C@H]1OC1[C@@H](O)C(CO)O[C@@H](O[C@@H]2C(CO)O[C@@H](O)[C@@H](O)C2O)[C@H]1O. The van der Waals surface area contributed by atoms with Crippen molar-refractivity contribution >= 4 is 5.97 Å². The molecule has 0 amide bonds. The lowest BCUT2D eigenvalue weighted by Crippen LogP contribution is -2.70. The van der Waals surface area contributed by atoms with E-state index in [1.807, 2.05) is 0 Å². The van der Waals surface area contributed by atoms with Crippen LogP contribution in [0.15, 0.2) is 0 Å². The van der Waals surface area contributed by atoms with E-state index < -0.39 is 279 Å². The molecule has 84 heavy (non-hydrogen) atoms. The van der Waals surface area contributed by atoms with Crippen LogP contribution in [0.4, 0.5) is 0 Å². The van der Waals surface area contributed by atoms with Crippen LogP contribution in [0.25, 0.3) is 0 Å². The average molecular weight is 1240 g/mol. The molecule has 7 aliphatic rings. The van der Waals surface area contributed by atoms with Gasteiger partial charge in [-0.2, -0.15) is 0 Å². The first-order valence-corrected chi connectivity index (χ1v) is 26.7. The largest absolute Gasteiger partial charge is 0.477 e. The molecular formula is C46H79NO37. The van der Waals surface area contributed by atoms with Crippen LogP contribution in [0.3, 0.4) is 0 Å². The summed E-state index contributed by atoms with van der Waals surface area (Å²) >= 11 is 0. The van der Waals surface area contributed by atoms with Crippen molar-refractivity contribution in [3.63, 3.8) is 0 Å². The van der Waals surface area contributed by atoms with Gasteiger partial charge in [0.25, 0.3) is 5.79 Å². The zero-order valence-corrected chi connectivity index (χ0v) is 44.4. The van der Waals surface area contributed by atoms with E-state index >= 15 is 0 Å². The summed E-state index contributed by atoms with van der Waals surface area (Å²) in [5.74, 6) is -6.70. The second-order valence-corrected chi connectivity index (χ2v) is 21.5. The van der Waals surface area contributed by atoms with E-state index in [1.165, 1.54) is 6.92 Å². The van der Waals surface area contributed by atoms with Crippen LogP contribution in [0, 0.1) is 5.92 Å². The van der Waals surface area contributed by atoms with Crippen molar-refractivity contribution < 1.29 is 184 Å². The number of aliphatic hydroxyl groups is 22. The zero-order chi connectivity index (χ0) is 62.1. The molecule has 7 saturated heterocycles. The van der Waals surface area contributed by atoms with Crippen molar-refractivity contribution in [2.24, 2.45) is 11.7 Å². The summed E-state index contributed by atoms with van der Waals surface area (Å²) in [7, 11) is 0. The summed E-state index contributed by atoms with van der Waals surface area (Å²) < 4.78 is 74.2. The van der Waals surface area contributed by atoms with Gasteiger partial charge in [0.1, 0.15) is 153 Å². The van der Waals surface area contributed by atoms with Crippen molar-refractivity contribution in [1.29, 1.82) is 0 Å². The number of rotatable bonds is 22. The number of aliphatic hydroxyl groups excluding tert-OH is 22. The summed E-state index contributed by atoms with van der Waals surface area (Å²) in [6.07, 6.45) is -66.7. The minimum absolute atomic E-state index is 0.889. The van der Waals surface area contributed by atoms with E-state index in [9.17, 15) is 122 Å². The molecule has 38 heteroatoms. The molecule has 7 rings (SSSR count). The highest BCUT2D eigenvalue weighted by atomic mass is 16.8. The van der Waals surface area contributed by atoms with E-state index in [-0.39, 0.29) is 0 Å². The standard InChI is InChI=1S/C46H79NO37/c1-10-20(56)35(81-44-32(68)38(24(60)15(6-51)76-44)84-46(45(70)71)2-11(54)19(47)36(83-46)21(57)12(55)3-48)18(9-72-41-30(66)27(63)34(17(8-53)77-41)79-42-29(65)25(61)22(58)13(4-49)74-42)78-40(10)82-37-23(59)14(5-50)75-43(31(37)67)80-33-16(7-52)73-39(69)28(64)26(33)62/h10-44,48-69H,2-9,47H2,1H3,(H,70,71)/t10-,11+,12?,13?,14?,15-,16?,17?,18?,19+,20?,21?,22-,23-,24-,25?,26?,27?,28-,29-,30-,31-,32?,33+,34+,35+,36?,37?,38?,39+,40-,41+,42-,43-,44-,46-/m0/s1. The fourth-order valence-electron chi connectivity index (χ4n) is 10.8. The Hall–Kier alpha value is -1.97. The monoisotopic (exact) mass is 1240 g/mol. The number of ether oxygens (including phenoxy) is 13. The van der Waals surface area contributed by atoms with E-state index in [1.54, 1.807) is 0 Å². The fraction of sp³-hybridized carbons (Fsp3) is 0.978. The van der Waals surface area contributed by atoms with Crippen molar-refractivity contribution in [2.75, 3.05) is 46.2 Å². The summed E-state index contributed by atoms with van der Waals surface area (Å²) in [4.78, 5) is 13.0. The van der Waals surface area contributed by atoms with Gasteiger partial charge in [-0.1, -0.05) is 6.92 Å². The zero-order valence-electron chi connectivity index (χ0n) is 44.4. The highest BCUT2D eigenvalue weighted by Crippen LogP contribution is 2.41. The van der Waals surface area contributed by atoms with Crippen molar-refractivity contribution in [3.05, 3.63) is 0 Å². The molecule has 0 radical (unpaired) electrons. The van der Waals surface area contributed by atoms with Gasteiger partial charge in [-0.05, 0) is 0 Å². The Balaban J connectivity index is 1.17. The Labute approximate surface area is 474 Å². The maximum atomic E-state index is 13.0. The second kappa shape index (κ2) is 29.3. The number of nitrogens with two attached hydrogens (primary N) is 1.